The highest BCUT2D eigenvalue weighted by Gasteiger charge is 2.22. The van der Waals surface area contributed by atoms with Crippen LogP contribution in [0.3, 0.4) is 0 Å². The van der Waals surface area contributed by atoms with Crippen LogP contribution in [0.2, 0.25) is 0 Å². The van der Waals surface area contributed by atoms with Crippen molar-refractivity contribution < 1.29 is 4.79 Å². The van der Waals surface area contributed by atoms with E-state index in [0.717, 1.165) is 47.1 Å². The SMILES string of the molecule is CSc1nc(N2CCCC2)c2cc(C(=O)N[C@H](C)CCc3ccccc3)sc2n1. The number of anilines is 1. The average Bonchev–Trinajstić information content (AvgIpc) is 3.42. The number of amides is 1. The van der Waals surface area contributed by atoms with Crippen LogP contribution in [-0.2, 0) is 6.42 Å². The largest absolute Gasteiger partial charge is 0.356 e. The Labute approximate surface area is 179 Å². The number of hydrogen-bond donors (Lipinski definition) is 1. The molecule has 1 saturated heterocycles. The molecular formula is C22H26N4OS2. The van der Waals surface area contributed by atoms with Crippen molar-refractivity contribution >= 4 is 45.0 Å². The summed E-state index contributed by atoms with van der Waals surface area (Å²) >= 11 is 3.01. The molecule has 0 saturated carbocycles. The number of nitrogens with one attached hydrogen (secondary N) is 1. The molecule has 0 aliphatic carbocycles. The van der Waals surface area contributed by atoms with Crippen molar-refractivity contribution in [1.29, 1.82) is 0 Å². The van der Waals surface area contributed by atoms with E-state index in [0.29, 0.717) is 4.88 Å². The van der Waals surface area contributed by atoms with Crippen molar-refractivity contribution in [3.8, 4) is 0 Å². The molecule has 0 unspecified atom stereocenters. The summed E-state index contributed by atoms with van der Waals surface area (Å²) in [5.74, 6) is 0.955. The molecule has 0 bridgehead atoms. The number of thiophene rings is 1. The van der Waals surface area contributed by atoms with Crippen molar-refractivity contribution in [2.75, 3.05) is 24.2 Å². The number of aryl methyl sites for hydroxylation is 1. The molecule has 4 rings (SSSR count). The minimum absolute atomic E-state index is 0.0216. The van der Waals surface area contributed by atoms with Crippen molar-refractivity contribution in [2.24, 2.45) is 0 Å². The smallest absolute Gasteiger partial charge is 0.261 e. The molecule has 1 atom stereocenters. The van der Waals surface area contributed by atoms with Crippen LogP contribution >= 0.6 is 23.1 Å². The predicted octanol–water partition coefficient (Wildman–Crippen LogP) is 4.76. The van der Waals surface area contributed by atoms with Crippen LogP contribution in [0.25, 0.3) is 10.2 Å². The summed E-state index contributed by atoms with van der Waals surface area (Å²) < 4.78 is 0. The van der Waals surface area contributed by atoms with E-state index >= 15 is 0 Å². The Morgan fingerprint density at radius 3 is 2.72 bits per heavy atom. The lowest BCUT2D eigenvalue weighted by molar-refractivity contribution is 0.0942. The fraction of sp³-hybridized carbons (Fsp3) is 0.409. The molecule has 29 heavy (non-hydrogen) atoms. The van der Waals surface area contributed by atoms with Crippen molar-refractivity contribution in [3.05, 3.63) is 46.8 Å². The normalized spacial score (nSPS) is 15.0. The number of aromatic nitrogens is 2. The number of carbonyl (C=O) groups excluding carboxylic acids is 1. The van der Waals surface area contributed by atoms with Gasteiger partial charge in [-0.3, -0.25) is 4.79 Å². The molecule has 0 spiro atoms. The number of hydrogen-bond acceptors (Lipinski definition) is 6. The third-order valence-electron chi connectivity index (χ3n) is 5.25. The Balaban J connectivity index is 1.49. The van der Waals surface area contributed by atoms with Crippen LogP contribution in [0.1, 0.15) is 41.4 Å². The molecule has 152 valence electrons. The zero-order valence-corrected chi connectivity index (χ0v) is 18.5. The molecule has 3 heterocycles. The topological polar surface area (TPSA) is 58.1 Å². The first kappa shape index (κ1) is 20.2. The monoisotopic (exact) mass is 426 g/mol. The highest BCUT2D eigenvalue weighted by molar-refractivity contribution is 7.98. The average molecular weight is 427 g/mol. The molecule has 1 N–H and O–H groups in total. The molecule has 2 aromatic heterocycles. The highest BCUT2D eigenvalue weighted by atomic mass is 32.2. The van der Waals surface area contributed by atoms with E-state index in [1.54, 1.807) is 11.8 Å². The predicted molar refractivity (Wildman–Crippen MR) is 122 cm³/mol. The standard InChI is InChI=1S/C22H26N4OS2/c1-15(10-11-16-8-4-3-5-9-16)23-20(27)18-14-17-19(26-12-6-7-13-26)24-22(28-2)25-21(17)29-18/h3-5,8-9,14-15H,6-7,10-13H2,1-2H3,(H,23,27)/t15-/m1/s1. The Morgan fingerprint density at radius 1 is 1.24 bits per heavy atom. The van der Waals surface area contributed by atoms with Crippen LogP contribution in [-0.4, -0.2) is 41.3 Å². The van der Waals surface area contributed by atoms with Gasteiger partial charge >= 0.3 is 0 Å². The van der Waals surface area contributed by atoms with Gasteiger partial charge < -0.3 is 10.2 Å². The van der Waals surface area contributed by atoms with Gasteiger partial charge in [-0.2, -0.15) is 0 Å². The van der Waals surface area contributed by atoms with Crippen molar-refractivity contribution in [3.63, 3.8) is 0 Å². The number of rotatable bonds is 7. The Hall–Kier alpha value is -2.12. The van der Waals surface area contributed by atoms with Crippen LogP contribution in [0, 0.1) is 0 Å². The van der Waals surface area contributed by atoms with E-state index in [2.05, 4.69) is 46.4 Å². The van der Waals surface area contributed by atoms with Crippen molar-refractivity contribution in [2.45, 2.75) is 43.8 Å². The molecule has 0 radical (unpaired) electrons. The van der Waals surface area contributed by atoms with Crippen LogP contribution in [0.15, 0.2) is 41.6 Å². The van der Waals surface area contributed by atoms with Gasteiger partial charge in [0.05, 0.1) is 10.3 Å². The fourth-order valence-corrected chi connectivity index (χ4v) is 5.00. The maximum absolute atomic E-state index is 12.9. The minimum Gasteiger partial charge on any atom is -0.356 e. The number of thioether (sulfide) groups is 1. The van der Waals surface area contributed by atoms with Gasteiger partial charge in [0.25, 0.3) is 5.91 Å². The third kappa shape index (κ3) is 4.73. The molecule has 1 amide bonds. The first-order valence-corrected chi connectivity index (χ1v) is 12.1. The number of nitrogens with zero attached hydrogens (tertiary/aromatic N) is 3. The second kappa shape index (κ2) is 9.13. The summed E-state index contributed by atoms with van der Waals surface area (Å²) in [6.45, 7) is 4.11. The van der Waals surface area contributed by atoms with Gasteiger partial charge in [0.15, 0.2) is 5.16 Å². The second-order valence-corrected chi connectivity index (χ2v) is 9.26. The van der Waals surface area contributed by atoms with Gasteiger partial charge in [0.2, 0.25) is 0 Å². The first-order chi connectivity index (χ1) is 14.1. The Kier molecular flexibility index (Phi) is 6.35. The maximum Gasteiger partial charge on any atom is 0.261 e. The number of fused-ring (bicyclic) bond motifs is 1. The second-order valence-electron chi connectivity index (χ2n) is 7.46. The lowest BCUT2D eigenvalue weighted by Gasteiger charge is -2.17. The quantitative estimate of drug-likeness (QED) is 0.436. The van der Waals surface area contributed by atoms with E-state index in [9.17, 15) is 4.79 Å². The van der Waals surface area contributed by atoms with E-state index in [1.807, 2.05) is 18.4 Å². The summed E-state index contributed by atoms with van der Waals surface area (Å²) in [6, 6.07) is 12.5. The molecule has 5 nitrogen and oxygen atoms in total. The van der Waals surface area contributed by atoms with E-state index in [4.69, 9.17) is 4.98 Å². The fourth-order valence-electron chi connectivity index (χ4n) is 3.66. The van der Waals surface area contributed by atoms with Crippen LogP contribution in [0.5, 0.6) is 0 Å². The molecule has 1 aliphatic heterocycles. The molecule has 1 aliphatic rings. The van der Waals surface area contributed by atoms with E-state index in [1.165, 1.54) is 29.7 Å². The highest BCUT2D eigenvalue weighted by Crippen LogP contribution is 2.34. The Morgan fingerprint density at radius 2 is 2.00 bits per heavy atom. The van der Waals surface area contributed by atoms with Gasteiger partial charge in [-0.05, 0) is 50.5 Å². The van der Waals surface area contributed by atoms with E-state index < -0.39 is 0 Å². The van der Waals surface area contributed by atoms with Crippen LogP contribution < -0.4 is 10.2 Å². The molecule has 3 aromatic rings. The van der Waals surface area contributed by atoms with Gasteiger partial charge in [0.1, 0.15) is 10.6 Å². The molecule has 1 aromatic carbocycles. The summed E-state index contributed by atoms with van der Waals surface area (Å²) in [7, 11) is 0. The lowest BCUT2D eigenvalue weighted by atomic mass is 10.1. The first-order valence-electron chi connectivity index (χ1n) is 10.1. The zero-order chi connectivity index (χ0) is 20.2. The lowest BCUT2D eigenvalue weighted by Crippen LogP contribution is -2.32. The molecule has 1 fully saturated rings. The minimum atomic E-state index is -0.0216. The Bertz CT molecular complexity index is 983. The maximum atomic E-state index is 12.9. The van der Waals surface area contributed by atoms with Crippen LogP contribution in [0.4, 0.5) is 5.82 Å². The van der Waals surface area contributed by atoms with Gasteiger partial charge in [-0.15, -0.1) is 11.3 Å². The zero-order valence-electron chi connectivity index (χ0n) is 16.9. The number of benzene rings is 1. The third-order valence-corrected chi connectivity index (χ3v) is 6.83. The van der Waals surface area contributed by atoms with Crippen molar-refractivity contribution in [1.82, 2.24) is 15.3 Å². The van der Waals surface area contributed by atoms with E-state index in [-0.39, 0.29) is 11.9 Å². The van der Waals surface area contributed by atoms with Gasteiger partial charge in [-0.25, -0.2) is 9.97 Å². The molecular weight excluding hydrogens is 400 g/mol. The summed E-state index contributed by atoms with van der Waals surface area (Å²) in [4.78, 5) is 26.2. The number of carbonyl (C=O) groups is 1. The molecule has 7 heteroatoms. The van der Waals surface area contributed by atoms with Gasteiger partial charge in [-0.1, -0.05) is 42.1 Å². The summed E-state index contributed by atoms with van der Waals surface area (Å²) in [6.07, 6.45) is 6.24. The summed E-state index contributed by atoms with van der Waals surface area (Å²) in [5, 5.41) is 4.91. The summed E-state index contributed by atoms with van der Waals surface area (Å²) in [5.41, 5.74) is 1.30. The van der Waals surface area contributed by atoms with Gasteiger partial charge in [0, 0.05) is 19.1 Å².